The Morgan fingerprint density at radius 1 is 1.21 bits per heavy atom. The molecule has 0 atom stereocenters. The minimum atomic E-state index is -0.508. The predicted molar refractivity (Wildman–Crippen MR) is 108 cm³/mol. The number of carbonyl (C=O) groups excluding carboxylic acids is 1. The van der Waals surface area contributed by atoms with Gasteiger partial charge in [0.05, 0.1) is 15.9 Å². The normalized spacial score (nSPS) is 16.1. The minimum absolute atomic E-state index is 0.137. The number of fused-ring (bicyclic) bond motifs is 3. The van der Waals surface area contributed by atoms with Crippen molar-refractivity contribution in [2.45, 2.75) is 45.3 Å². The van der Waals surface area contributed by atoms with Gasteiger partial charge in [0.15, 0.2) is 0 Å². The molecule has 0 N–H and O–H groups in total. The lowest BCUT2D eigenvalue weighted by molar-refractivity contribution is 0.0189. The highest BCUT2D eigenvalue weighted by Gasteiger charge is 2.28. The van der Waals surface area contributed by atoms with Gasteiger partial charge in [-0.1, -0.05) is 17.7 Å². The second-order valence-corrected chi connectivity index (χ2v) is 8.54. The number of ether oxygens (including phenoxy) is 1. The van der Waals surface area contributed by atoms with Gasteiger partial charge in [-0.25, -0.2) is 4.79 Å². The van der Waals surface area contributed by atoms with Gasteiger partial charge in [-0.2, -0.15) is 9.61 Å². The van der Waals surface area contributed by atoms with Crippen LogP contribution in [0.5, 0.6) is 0 Å². The predicted octanol–water partition coefficient (Wildman–Crippen LogP) is 3.87. The van der Waals surface area contributed by atoms with E-state index in [0.717, 1.165) is 18.2 Å². The number of hydrogen-bond donors (Lipinski definition) is 0. The molecule has 1 aromatic carbocycles. The summed E-state index contributed by atoms with van der Waals surface area (Å²) in [6, 6.07) is 7.14. The first-order chi connectivity index (χ1) is 13.2. The first-order valence-electron chi connectivity index (χ1n) is 9.40. The molecule has 0 spiro atoms. The maximum atomic E-state index is 12.3. The Bertz CT molecular complexity index is 1100. The Labute approximate surface area is 167 Å². The zero-order chi connectivity index (χ0) is 20.1. The van der Waals surface area contributed by atoms with E-state index in [2.05, 4.69) is 9.67 Å². The Kier molecular flexibility index (Phi) is 4.57. The number of hydrogen-bond acceptors (Lipinski definition) is 4. The quantitative estimate of drug-likeness (QED) is 0.619. The van der Waals surface area contributed by atoms with Crippen LogP contribution in [0.1, 0.15) is 39.7 Å². The number of likely N-dealkylation sites (tertiary alicyclic amines) is 1. The van der Waals surface area contributed by atoms with Crippen molar-refractivity contribution < 1.29 is 9.53 Å². The van der Waals surface area contributed by atoms with Crippen LogP contribution >= 0.6 is 11.6 Å². The summed E-state index contributed by atoms with van der Waals surface area (Å²) in [5, 5.41) is 5.77. The SMILES string of the molecule is CC(C)(C)OC(=O)N1CCC(n2ccc(=O)n3nc4cccc(Cl)c4c23)CC1. The van der Waals surface area contributed by atoms with E-state index in [0.29, 0.717) is 29.3 Å². The molecule has 28 heavy (non-hydrogen) atoms. The lowest BCUT2D eigenvalue weighted by atomic mass is 10.0. The van der Waals surface area contributed by atoms with Gasteiger partial charge in [0.2, 0.25) is 0 Å². The minimum Gasteiger partial charge on any atom is -0.444 e. The first kappa shape index (κ1) is 18.8. The van der Waals surface area contributed by atoms with Gasteiger partial charge in [0, 0.05) is 31.4 Å². The van der Waals surface area contributed by atoms with Crippen LogP contribution in [-0.4, -0.2) is 43.9 Å². The summed E-state index contributed by atoms with van der Waals surface area (Å²) >= 11 is 6.43. The molecule has 148 valence electrons. The van der Waals surface area contributed by atoms with Crippen molar-refractivity contribution >= 4 is 34.2 Å². The molecule has 0 bridgehead atoms. The van der Waals surface area contributed by atoms with E-state index in [4.69, 9.17) is 16.3 Å². The fourth-order valence-corrected chi connectivity index (χ4v) is 3.96. The van der Waals surface area contributed by atoms with E-state index in [1.807, 2.05) is 32.9 Å². The molecule has 1 amide bonds. The molecule has 7 nitrogen and oxygen atoms in total. The summed E-state index contributed by atoms with van der Waals surface area (Å²) in [5.41, 5.74) is 0.691. The summed E-state index contributed by atoms with van der Waals surface area (Å²) in [4.78, 5) is 26.4. The second kappa shape index (κ2) is 6.81. The molecule has 1 aliphatic heterocycles. The van der Waals surface area contributed by atoms with Crippen molar-refractivity contribution in [1.82, 2.24) is 19.1 Å². The number of halogens is 1. The fourth-order valence-electron chi connectivity index (χ4n) is 3.70. The molecular formula is C20H23ClN4O3. The largest absolute Gasteiger partial charge is 0.444 e. The van der Waals surface area contributed by atoms with Crippen molar-refractivity contribution in [3.63, 3.8) is 0 Å². The van der Waals surface area contributed by atoms with E-state index in [1.165, 1.54) is 10.6 Å². The maximum absolute atomic E-state index is 12.3. The molecule has 1 saturated heterocycles. The molecular weight excluding hydrogens is 380 g/mol. The molecule has 0 aliphatic carbocycles. The zero-order valence-electron chi connectivity index (χ0n) is 16.2. The van der Waals surface area contributed by atoms with E-state index < -0.39 is 5.60 Å². The number of nitrogens with zero attached hydrogens (tertiary/aromatic N) is 4. The van der Waals surface area contributed by atoms with Gasteiger partial charge in [-0.3, -0.25) is 4.79 Å². The van der Waals surface area contributed by atoms with Crippen molar-refractivity contribution in [2.75, 3.05) is 13.1 Å². The summed E-state index contributed by atoms with van der Waals surface area (Å²) in [7, 11) is 0. The van der Waals surface area contributed by atoms with Crippen molar-refractivity contribution in [3.05, 3.63) is 45.8 Å². The molecule has 2 aromatic heterocycles. The van der Waals surface area contributed by atoms with Gasteiger partial charge in [-0.05, 0) is 45.7 Å². The summed E-state index contributed by atoms with van der Waals surface area (Å²) in [6.07, 6.45) is 3.04. The summed E-state index contributed by atoms with van der Waals surface area (Å²) in [5.74, 6) is 0. The van der Waals surface area contributed by atoms with Crippen LogP contribution in [0.25, 0.3) is 16.6 Å². The smallest absolute Gasteiger partial charge is 0.410 e. The highest BCUT2D eigenvalue weighted by atomic mass is 35.5. The highest BCUT2D eigenvalue weighted by Crippen LogP contribution is 2.31. The third kappa shape index (κ3) is 3.35. The van der Waals surface area contributed by atoms with Crippen LogP contribution in [0.4, 0.5) is 4.79 Å². The molecule has 8 heteroatoms. The molecule has 1 aliphatic rings. The van der Waals surface area contributed by atoms with Gasteiger partial charge in [0.1, 0.15) is 11.2 Å². The Hall–Kier alpha value is -2.54. The summed E-state index contributed by atoms with van der Waals surface area (Å²) in [6.45, 7) is 6.78. The van der Waals surface area contributed by atoms with Crippen molar-refractivity contribution in [1.29, 1.82) is 0 Å². The lowest BCUT2D eigenvalue weighted by Crippen LogP contribution is -2.42. The Morgan fingerprint density at radius 3 is 2.61 bits per heavy atom. The van der Waals surface area contributed by atoms with Gasteiger partial charge >= 0.3 is 6.09 Å². The van der Waals surface area contributed by atoms with Crippen molar-refractivity contribution in [2.24, 2.45) is 0 Å². The molecule has 3 aromatic rings. The van der Waals surface area contributed by atoms with E-state index in [9.17, 15) is 9.59 Å². The molecule has 4 rings (SSSR count). The topological polar surface area (TPSA) is 68.8 Å². The van der Waals surface area contributed by atoms with Crippen LogP contribution < -0.4 is 5.56 Å². The van der Waals surface area contributed by atoms with Gasteiger partial charge < -0.3 is 14.2 Å². The van der Waals surface area contributed by atoms with Crippen LogP contribution in [-0.2, 0) is 4.74 Å². The number of carbonyl (C=O) groups is 1. The third-order valence-electron chi connectivity index (χ3n) is 4.96. The third-order valence-corrected chi connectivity index (χ3v) is 5.28. The maximum Gasteiger partial charge on any atom is 0.410 e. The zero-order valence-corrected chi connectivity index (χ0v) is 16.9. The Balaban J connectivity index is 1.66. The summed E-state index contributed by atoms with van der Waals surface area (Å²) < 4.78 is 8.95. The number of benzene rings is 1. The fraction of sp³-hybridized carbons (Fsp3) is 0.450. The number of amides is 1. The van der Waals surface area contributed by atoms with Crippen molar-refractivity contribution in [3.8, 4) is 0 Å². The molecule has 0 saturated carbocycles. The van der Waals surface area contributed by atoms with E-state index in [1.54, 1.807) is 17.2 Å². The van der Waals surface area contributed by atoms with Crippen LogP contribution in [0.3, 0.4) is 0 Å². The van der Waals surface area contributed by atoms with Crippen LogP contribution in [0.2, 0.25) is 5.02 Å². The van der Waals surface area contributed by atoms with E-state index >= 15 is 0 Å². The van der Waals surface area contributed by atoms with Crippen LogP contribution in [0, 0.1) is 0 Å². The number of piperidine rings is 1. The average molecular weight is 403 g/mol. The molecule has 0 unspecified atom stereocenters. The molecule has 0 radical (unpaired) electrons. The molecule has 3 heterocycles. The second-order valence-electron chi connectivity index (χ2n) is 8.13. The number of rotatable bonds is 1. The molecule has 1 fully saturated rings. The van der Waals surface area contributed by atoms with Gasteiger partial charge in [-0.15, -0.1) is 0 Å². The van der Waals surface area contributed by atoms with E-state index in [-0.39, 0.29) is 17.7 Å². The monoisotopic (exact) mass is 402 g/mol. The Morgan fingerprint density at radius 2 is 1.93 bits per heavy atom. The first-order valence-corrected chi connectivity index (χ1v) is 9.78. The highest BCUT2D eigenvalue weighted by molar-refractivity contribution is 6.36. The van der Waals surface area contributed by atoms with Gasteiger partial charge in [0.25, 0.3) is 5.56 Å². The number of aromatic nitrogens is 3. The van der Waals surface area contributed by atoms with Crippen LogP contribution in [0.15, 0.2) is 35.3 Å². The lowest BCUT2D eigenvalue weighted by Gasteiger charge is -2.34. The standard InChI is InChI=1S/C20H23ClN4O3/c1-20(2,3)28-19(27)23-10-7-13(8-11-23)24-12-9-16(26)25-18(24)17-14(21)5-4-6-15(17)22-25/h4-6,9,12-13H,7-8,10-11H2,1-3H3. The average Bonchev–Trinajstić information content (AvgIpc) is 3.03.